The van der Waals surface area contributed by atoms with Gasteiger partial charge in [-0.15, -0.1) is 0 Å². The van der Waals surface area contributed by atoms with Crippen molar-refractivity contribution in [2.75, 3.05) is 24.7 Å². The molecule has 0 N–H and O–H groups in total. The molecule has 0 spiro atoms. The lowest BCUT2D eigenvalue weighted by Crippen LogP contribution is -2.52. The molecule has 1 aromatic carbocycles. The minimum absolute atomic E-state index is 0.0284. The molecule has 26 heavy (non-hydrogen) atoms. The fraction of sp³-hybridized carbons (Fsp3) is 0.526. The van der Waals surface area contributed by atoms with E-state index in [1.165, 1.54) is 6.07 Å². The predicted octanol–water partition coefficient (Wildman–Crippen LogP) is 2.20. The Balaban J connectivity index is 1.90. The summed E-state index contributed by atoms with van der Waals surface area (Å²) >= 11 is 0. The molecule has 2 atom stereocenters. The first-order valence-electron chi connectivity index (χ1n) is 8.78. The Morgan fingerprint density at radius 3 is 2.73 bits per heavy atom. The zero-order valence-electron chi connectivity index (χ0n) is 15.2. The van der Waals surface area contributed by atoms with Gasteiger partial charge in [0.25, 0.3) is 0 Å². The van der Waals surface area contributed by atoms with E-state index >= 15 is 0 Å². The maximum absolute atomic E-state index is 13.6. The molecule has 7 heteroatoms. The fourth-order valence-electron chi connectivity index (χ4n) is 3.61. The molecule has 2 unspecified atom stereocenters. The summed E-state index contributed by atoms with van der Waals surface area (Å²) in [6, 6.07) is 4.38. The molecule has 0 radical (unpaired) electrons. The van der Waals surface area contributed by atoms with E-state index in [-0.39, 0.29) is 29.1 Å². The first kappa shape index (κ1) is 19.0. The number of carbonyl (C=O) groups excluding carboxylic acids is 1. The maximum Gasteiger partial charge on any atom is 0.247 e. The molecule has 1 amide bonds. The number of aryl methyl sites for hydroxylation is 1. The van der Waals surface area contributed by atoms with E-state index in [4.69, 9.17) is 4.74 Å². The van der Waals surface area contributed by atoms with Crippen molar-refractivity contribution in [2.24, 2.45) is 5.92 Å². The van der Waals surface area contributed by atoms with Crippen molar-refractivity contribution in [3.63, 3.8) is 0 Å². The maximum atomic E-state index is 13.6. The van der Waals surface area contributed by atoms with Gasteiger partial charge in [0.15, 0.2) is 9.84 Å². The topological polar surface area (TPSA) is 63.7 Å². The van der Waals surface area contributed by atoms with Gasteiger partial charge in [0, 0.05) is 12.6 Å². The third-order valence-corrected chi connectivity index (χ3v) is 6.70. The molecule has 0 aromatic heterocycles. The Bertz CT molecular complexity index is 847. The summed E-state index contributed by atoms with van der Waals surface area (Å²) in [7, 11) is -3.18. The van der Waals surface area contributed by atoms with E-state index in [0.717, 1.165) is 11.1 Å². The number of hydrogen-bond acceptors (Lipinski definition) is 4. The highest BCUT2D eigenvalue weighted by molar-refractivity contribution is 7.91. The third-order valence-electron chi connectivity index (χ3n) is 5.01. The number of carbonyl (C=O) groups is 1. The van der Waals surface area contributed by atoms with Gasteiger partial charge in [-0.25, -0.2) is 12.8 Å². The molecule has 2 fully saturated rings. The van der Waals surface area contributed by atoms with E-state index in [1.807, 2.05) is 13.8 Å². The van der Waals surface area contributed by atoms with Crippen LogP contribution in [-0.2, 0) is 19.4 Å². The summed E-state index contributed by atoms with van der Waals surface area (Å²) in [5, 5.41) is 0. The van der Waals surface area contributed by atoms with Crippen molar-refractivity contribution in [3.05, 3.63) is 41.2 Å². The third kappa shape index (κ3) is 3.83. The van der Waals surface area contributed by atoms with Gasteiger partial charge in [0.2, 0.25) is 5.91 Å². The lowest BCUT2D eigenvalue weighted by Gasteiger charge is -2.36. The summed E-state index contributed by atoms with van der Waals surface area (Å²) in [4.78, 5) is 14.5. The molecule has 2 saturated heterocycles. The van der Waals surface area contributed by atoms with E-state index in [2.05, 4.69) is 0 Å². The van der Waals surface area contributed by atoms with Crippen LogP contribution < -0.4 is 0 Å². The lowest BCUT2D eigenvalue weighted by molar-refractivity contribution is -0.137. The van der Waals surface area contributed by atoms with E-state index in [0.29, 0.717) is 18.7 Å². The SMILES string of the molecule is Cc1cc(/C(=C/C(=O)N2CCOC3CS(=O)(=O)CC32)C(C)C)ccc1F. The van der Waals surface area contributed by atoms with Crippen molar-refractivity contribution in [1.29, 1.82) is 0 Å². The number of fused-ring (bicyclic) bond motifs is 1. The van der Waals surface area contributed by atoms with Gasteiger partial charge in [0.05, 0.1) is 30.3 Å². The van der Waals surface area contributed by atoms with Crippen molar-refractivity contribution in [2.45, 2.75) is 32.9 Å². The number of amides is 1. The minimum atomic E-state index is -3.18. The van der Waals surface area contributed by atoms with Crippen molar-refractivity contribution < 1.29 is 22.3 Å². The van der Waals surface area contributed by atoms with Crippen LogP contribution >= 0.6 is 0 Å². The fourth-order valence-corrected chi connectivity index (χ4v) is 5.48. The molecule has 1 aromatic rings. The van der Waals surface area contributed by atoms with Crippen molar-refractivity contribution >= 4 is 21.3 Å². The van der Waals surface area contributed by atoms with Crippen LogP contribution in [0.1, 0.15) is 25.0 Å². The van der Waals surface area contributed by atoms with Crippen molar-refractivity contribution in [1.82, 2.24) is 4.90 Å². The second-order valence-electron chi connectivity index (χ2n) is 7.30. The highest BCUT2D eigenvalue weighted by Crippen LogP contribution is 2.28. The van der Waals surface area contributed by atoms with Gasteiger partial charge in [-0.2, -0.15) is 0 Å². The summed E-state index contributed by atoms with van der Waals surface area (Å²) in [5.41, 5.74) is 2.13. The second-order valence-corrected chi connectivity index (χ2v) is 9.46. The molecule has 5 nitrogen and oxygen atoms in total. The van der Waals surface area contributed by atoms with Gasteiger partial charge < -0.3 is 9.64 Å². The summed E-state index contributed by atoms with van der Waals surface area (Å²) in [5.74, 6) is -0.516. The number of halogens is 1. The van der Waals surface area contributed by atoms with Crippen LogP contribution in [0.4, 0.5) is 4.39 Å². The van der Waals surface area contributed by atoms with Gasteiger partial charge in [0.1, 0.15) is 5.82 Å². The summed E-state index contributed by atoms with van der Waals surface area (Å²) < 4.78 is 43.0. The van der Waals surface area contributed by atoms with Crippen molar-refractivity contribution in [3.8, 4) is 0 Å². The molecule has 2 heterocycles. The summed E-state index contributed by atoms with van der Waals surface area (Å²) in [6.45, 7) is 6.34. The highest BCUT2D eigenvalue weighted by Gasteiger charge is 2.45. The van der Waals surface area contributed by atoms with E-state index in [9.17, 15) is 17.6 Å². The molecule has 2 aliphatic heterocycles. The van der Waals surface area contributed by atoms with Gasteiger partial charge in [-0.3, -0.25) is 4.79 Å². The van der Waals surface area contributed by atoms with Crippen LogP contribution in [0.5, 0.6) is 0 Å². The zero-order valence-corrected chi connectivity index (χ0v) is 16.1. The summed E-state index contributed by atoms with van der Waals surface area (Å²) in [6.07, 6.45) is 1.12. The molecule has 0 bridgehead atoms. The Kier molecular flexibility index (Phi) is 5.21. The number of allylic oxidation sites excluding steroid dienone is 1. The molecular formula is C19H24FNO4S. The largest absolute Gasteiger partial charge is 0.373 e. The van der Waals surface area contributed by atoms with E-state index < -0.39 is 22.0 Å². The number of benzene rings is 1. The van der Waals surface area contributed by atoms with Crippen LogP contribution in [-0.4, -0.2) is 56.0 Å². The first-order chi connectivity index (χ1) is 12.2. The molecule has 0 saturated carbocycles. The monoisotopic (exact) mass is 381 g/mol. The number of nitrogens with zero attached hydrogens (tertiary/aromatic N) is 1. The highest BCUT2D eigenvalue weighted by atomic mass is 32.2. The molecule has 3 rings (SSSR count). The Morgan fingerprint density at radius 1 is 1.35 bits per heavy atom. The van der Waals surface area contributed by atoms with Gasteiger partial charge in [-0.1, -0.05) is 19.9 Å². The smallest absolute Gasteiger partial charge is 0.247 e. The van der Waals surface area contributed by atoms with Gasteiger partial charge >= 0.3 is 0 Å². The average molecular weight is 381 g/mol. The minimum Gasteiger partial charge on any atom is -0.373 e. The van der Waals surface area contributed by atoms with E-state index in [1.54, 1.807) is 30.0 Å². The Labute approximate surface area is 153 Å². The Hall–Kier alpha value is -1.73. The number of sulfone groups is 1. The first-order valence-corrected chi connectivity index (χ1v) is 10.6. The molecular weight excluding hydrogens is 357 g/mol. The van der Waals surface area contributed by atoms with Crippen LogP contribution in [0.2, 0.25) is 0 Å². The standard InChI is InChI=1S/C19H24FNO4S/c1-12(2)15(14-4-5-16(20)13(3)8-14)9-19(22)21-6-7-25-18-11-26(23,24)10-17(18)21/h4-5,8-9,12,17-18H,6-7,10-11H2,1-3H3/b15-9+. The molecule has 142 valence electrons. The Morgan fingerprint density at radius 2 is 2.08 bits per heavy atom. The van der Waals surface area contributed by atoms with Crippen LogP contribution in [0, 0.1) is 18.7 Å². The zero-order chi connectivity index (χ0) is 19.1. The average Bonchev–Trinajstić information content (AvgIpc) is 2.88. The number of hydrogen-bond donors (Lipinski definition) is 0. The number of morpholine rings is 1. The molecule has 2 aliphatic rings. The van der Waals surface area contributed by atoms with Crippen LogP contribution in [0.15, 0.2) is 24.3 Å². The second kappa shape index (κ2) is 7.12. The number of ether oxygens (including phenoxy) is 1. The lowest BCUT2D eigenvalue weighted by atomic mass is 9.93. The molecule has 0 aliphatic carbocycles. The van der Waals surface area contributed by atoms with Gasteiger partial charge in [-0.05, 0) is 41.7 Å². The normalized spacial score (nSPS) is 25.4. The predicted molar refractivity (Wildman–Crippen MR) is 97.8 cm³/mol. The number of rotatable bonds is 3. The van der Waals surface area contributed by atoms with Crippen LogP contribution in [0.3, 0.4) is 0 Å². The quantitative estimate of drug-likeness (QED) is 0.753. The van der Waals surface area contributed by atoms with Crippen LogP contribution in [0.25, 0.3) is 5.57 Å².